The summed E-state index contributed by atoms with van der Waals surface area (Å²) in [7, 11) is 0. The summed E-state index contributed by atoms with van der Waals surface area (Å²) in [5.41, 5.74) is 6.09. The van der Waals surface area contributed by atoms with Crippen molar-refractivity contribution >= 4 is 33.0 Å². The van der Waals surface area contributed by atoms with Gasteiger partial charge in [0.05, 0.1) is 16.9 Å². The molecule has 0 saturated carbocycles. The van der Waals surface area contributed by atoms with Gasteiger partial charge in [-0.05, 0) is 6.07 Å². The number of pyridine rings is 1. The number of nitrogen functional groups attached to an aromatic ring is 1. The zero-order chi connectivity index (χ0) is 12.4. The first-order valence-electron chi connectivity index (χ1n) is 4.78. The van der Waals surface area contributed by atoms with Crippen LogP contribution >= 0.6 is 11.3 Å². The van der Waals surface area contributed by atoms with Crippen molar-refractivity contribution in [3.05, 3.63) is 23.3 Å². The number of rotatable bonds is 3. The molecule has 0 aliphatic heterocycles. The molecule has 4 nitrogen and oxygen atoms in total. The Bertz CT molecular complexity index is 555. The number of aromatic nitrogens is 1. The van der Waals surface area contributed by atoms with Gasteiger partial charge in [-0.25, -0.2) is 8.78 Å². The molecule has 2 aromatic rings. The summed E-state index contributed by atoms with van der Waals surface area (Å²) in [5.74, 6) is -0.580. The first-order chi connectivity index (χ1) is 8.09. The highest BCUT2D eigenvalue weighted by molar-refractivity contribution is 7.21. The van der Waals surface area contributed by atoms with Gasteiger partial charge in [0.15, 0.2) is 0 Å². The molecule has 0 aliphatic rings. The molecule has 0 aromatic carbocycles. The Morgan fingerprint density at radius 1 is 1.59 bits per heavy atom. The highest BCUT2D eigenvalue weighted by Crippen LogP contribution is 2.32. The number of nitrogens with zero attached hydrogens (tertiary/aromatic N) is 1. The van der Waals surface area contributed by atoms with Gasteiger partial charge < -0.3 is 11.1 Å². The molecule has 0 unspecified atom stereocenters. The number of halogens is 2. The second kappa shape index (κ2) is 4.62. The molecule has 0 atom stereocenters. The third kappa shape index (κ3) is 2.33. The number of thiophene rings is 1. The fourth-order valence-electron chi connectivity index (χ4n) is 1.39. The molecule has 2 aromatic heterocycles. The van der Waals surface area contributed by atoms with E-state index in [1.54, 1.807) is 18.5 Å². The van der Waals surface area contributed by atoms with Crippen LogP contribution in [0.3, 0.4) is 0 Å². The van der Waals surface area contributed by atoms with Crippen molar-refractivity contribution in [1.82, 2.24) is 10.3 Å². The quantitative estimate of drug-likeness (QED) is 0.882. The topological polar surface area (TPSA) is 68.0 Å². The van der Waals surface area contributed by atoms with Gasteiger partial charge in [0.2, 0.25) is 0 Å². The Labute approximate surface area is 99.5 Å². The van der Waals surface area contributed by atoms with Crippen LogP contribution in [0.5, 0.6) is 0 Å². The number of amides is 1. The Morgan fingerprint density at radius 3 is 3.00 bits per heavy atom. The van der Waals surface area contributed by atoms with E-state index in [9.17, 15) is 13.6 Å². The van der Waals surface area contributed by atoms with E-state index in [1.807, 2.05) is 0 Å². The largest absolute Gasteiger partial charge is 0.397 e. The van der Waals surface area contributed by atoms with Crippen LogP contribution in [0.25, 0.3) is 10.1 Å². The number of hydrogen-bond acceptors (Lipinski definition) is 4. The number of nitrogens with two attached hydrogens (primary N) is 1. The zero-order valence-electron chi connectivity index (χ0n) is 8.61. The van der Waals surface area contributed by atoms with Crippen molar-refractivity contribution in [2.24, 2.45) is 0 Å². The smallest absolute Gasteiger partial charge is 0.263 e. The normalized spacial score (nSPS) is 11.0. The number of anilines is 1. The summed E-state index contributed by atoms with van der Waals surface area (Å²) >= 11 is 1.14. The van der Waals surface area contributed by atoms with Gasteiger partial charge in [-0.3, -0.25) is 9.78 Å². The van der Waals surface area contributed by atoms with Gasteiger partial charge >= 0.3 is 0 Å². The Hall–Kier alpha value is -1.76. The maximum atomic E-state index is 12.0. The summed E-state index contributed by atoms with van der Waals surface area (Å²) < 4.78 is 24.7. The van der Waals surface area contributed by atoms with Crippen LogP contribution in [0.15, 0.2) is 18.5 Å². The molecule has 0 spiro atoms. The maximum Gasteiger partial charge on any atom is 0.263 e. The molecule has 0 saturated heterocycles. The van der Waals surface area contributed by atoms with Crippen molar-refractivity contribution in [1.29, 1.82) is 0 Å². The molecule has 0 fully saturated rings. The lowest BCUT2D eigenvalue weighted by Gasteiger charge is -2.02. The van der Waals surface area contributed by atoms with Crippen molar-refractivity contribution in [2.75, 3.05) is 12.3 Å². The number of nitrogens with one attached hydrogen (secondary N) is 1. The van der Waals surface area contributed by atoms with Crippen LogP contribution in [-0.2, 0) is 0 Å². The number of hydrogen-bond donors (Lipinski definition) is 2. The molecule has 17 heavy (non-hydrogen) atoms. The summed E-state index contributed by atoms with van der Waals surface area (Å²) in [6.07, 6.45) is 0.572. The van der Waals surface area contributed by atoms with Crippen molar-refractivity contribution in [2.45, 2.75) is 6.43 Å². The molecular formula is C10H9F2N3OS. The second-order valence-electron chi connectivity index (χ2n) is 3.32. The minimum Gasteiger partial charge on any atom is -0.397 e. The number of carbonyl (C=O) groups is 1. The van der Waals surface area contributed by atoms with E-state index in [4.69, 9.17) is 5.73 Å². The SMILES string of the molecule is Nc1c(C(=O)NCC(F)F)sc2cnccc12. The first kappa shape index (κ1) is 11.7. The average molecular weight is 257 g/mol. The predicted molar refractivity (Wildman–Crippen MR) is 62.4 cm³/mol. The van der Waals surface area contributed by atoms with Crippen molar-refractivity contribution < 1.29 is 13.6 Å². The Morgan fingerprint density at radius 2 is 2.35 bits per heavy atom. The summed E-state index contributed by atoms with van der Waals surface area (Å²) in [5, 5.41) is 2.84. The monoisotopic (exact) mass is 257 g/mol. The molecule has 0 aliphatic carbocycles. The zero-order valence-corrected chi connectivity index (χ0v) is 9.43. The van der Waals surface area contributed by atoms with Crippen molar-refractivity contribution in [3.63, 3.8) is 0 Å². The van der Waals surface area contributed by atoms with E-state index >= 15 is 0 Å². The Kier molecular flexibility index (Phi) is 3.19. The number of alkyl halides is 2. The Balaban J connectivity index is 2.29. The van der Waals surface area contributed by atoms with Gasteiger partial charge in [0, 0.05) is 17.8 Å². The third-order valence-electron chi connectivity index (χ3n) is 2.15. The lowest BCUT2D eigenvalue weighted by Crippen LogP contribution is -2.28. The molecule has 2 rings (SSSR count). The van der Waals surface area contributed by atoms with E-state index in [1.165, 1.54) is 0 Å². The molecule has 2 heterocycles. The van der Waals surface area contributed by atoms with Crippen LogP contribution < -0.4 is 11.1 Å². The highest BCUT2D eigenvalue weighted by Gasteiger charge is 2.17. The summed E-state index contributed by atoms with van der Waals surface area (Å²) in [6, 6.07) is 1.69. The van der Waals surface area contributed by atoms with Crippen LogP contribution in [-0.4, -0.2) is 23.9 Å². The molecule has 0 radical (unpaired) electrons. The first-order valence-corrected chi connectivity index (χ1v) is 5.59. The number of carbonyl (C=O) groups excluding carboxylic acids is 1. The van der Waals surface area contributed by atoms with Crippen LogP contribution in [0.1, 0.15) is 9.67 Å². The molecule has 7 heteroatoms. The van der Waals surface area contributed by atoms with Crippen LogP contribution in [0.4, 0.5) is 14.5 Å². The van der Waals surface area contributed by atoms with E-state index in [-0.39, 0.29) is 4.88 Å². The van der Waals surface area contributed by atoms with Gasteiger partial charge in [0.1, 0.15) is 4.88 Å². The van der Waals surface area contributed by atoms with Crippen LogP contribution in [0, 0.1) is 0 Å². The summed E-state index contributed by atoms with van der Waals surface area (Å²) in [6.45, 7) is -0.676. The molecule has 1 amide bonds. The van der Waals surface area contributed by atoms with Gasteiger partial charge in [-0.15, -0.1) is 11.3 Å². The molecule has 90 valence electrons. The van der Waals surface area contributed by atoms with E-state index < -0.39 is 18.9 Å². The lowest BCUT2D eigenvalue weighted by atomic mass is 10.2. The lowest BCUT2D eigenvalue weighted by molar-refractivity contribution is 0.0896. The average Bonchev–Trinajstić information content (AvgIpc) is 2.64. The minimum atomic E-state index is -2.57. The number of fused-ring (bicyclic) bond motifs is 1. The standard InChI is InChI=1S/C10H9F2N3OS/c11-7(12)4-15-10(16)9-8(13)5-1-2-14-3-6(5)17-9/h1-3,7H,4,13H2,(H,15,16). The fraction of sp³-hybridized carbons (Fsp3) is 0.200. The van der Waals surface area contributed by atoms with E-state index in [0.717, 1.165) is 16.0 Å². The van der Waals surface area contributed by atoms with Crippen molar-refractivity contribution in [3.8, 4) is 0 Å². The van der Waals surface area contributed by atoms with Gasteiger partial charge in [-0.2, -0.15) is 0 Å². The molecular weight excluding hydrogens is 248 g/mol. The maximum absolute atomic E-state index is 12.0. The van der Waals surface area contributed by atoms with Crippen LogP contribution in [0.2, 0.25) is 0 Å². The van der Waals surface area contributed by atoms with E-state index in [0.29, 0.717) is 11.1 Å². The van der Waals surface area contributed by atoms with E-state index in [2.05, 4.69) is 10.3 Å². The minimum absolute atomic E-state index is 0.244. The summed E-state index contributed by atoms with van der Waals surface area (Å²) in [4.78, 5) is 15.8. The van der Waals surface area contributed by atoms with Gasteiger partial charge in [-0.1, -0.05) is 0 Å². The molecule has 0 bridgehead atoms. The third-order valence-corrected chi connectivity index (χ3v) is 3.31. The fourth-order valence-corrected chi connectivity index (χ4v) is 2.40. The second-order valence-corrected chi connectivity index (χ2v) is 4.37. The highest BCUT2D eigenvalue weighted by atomic mass is 32.1. The molecule has 3 N–H and O–H groups in total. The predicted octanol–water partition coefficient (Wildman–Crippen LogP) is 1.87. The van der Waals surface area contributed by atoms with Gasteiger partial charge in [0.25, 0.3) is 12.3 Å².